The second-order valence-corrected chi connectivity index (χ2v) is 8.14. The van der Waals surface area contributed by atoms with Crippen molar-refractivity contribution in [2.75, 3.05) is 13.2 Å². The van der Waals surface area contributed by atoms with Gasteiger partial charge in [0.25, 0.3) is 0 Å². The molecule has 2 heteroatoms. The van der Waals surface area contributed by atoms with Gasteiger partial charge in [-0.1, -0.05) is 40.0 Å². The fourth-order valence-corrected chi connectivity index (χ4v) is 4.24. The topological polar surface area (TPSA) is 32.3 Å². The van der Waals surface area contributed by atoms with Crippen LogP contribution in [0.25, 0.3) is 0 Å². The summed E-state index contributed by atoms with van der Waals surface area (Å²) in [6.45, 7) is 8.61. The summed E-state index contributed by atoms with van der Waals surface area (Å²) in [6, 6.07) is 0.697. The van der Waals surface area contributed by atoms with Crippen LogP contribution in [0.2, 0.25) is 0 Å². The van der Waals surface area contributed by atoms with E-state index in [-0.39, 0.29) is 5.41 Å². The van der Waals surface area contributed by atoms with Gasteiger partial charge in [-0.05, 0) is 49.9 Å². The molecule has 0 bridgehead atoms. The first-order chi connectivity index (χ1) is 9.51. The van der Waals surface area contributed by atoms with Crippen LogP contribution >= 0.6 is 0 Å². The van der Waals surface area contributed by atoms with Gasteiger partial charge in [-0.3, -0.25) is 0 Å². The van der Waals surface area contributed by atoms with Crippen LogP contribution in [0.3, 0.4) is 0 Å². The molecule has 0 amide bonds. The Labute approximate surface area is 125 Å². The van der Waals surface area contributed by atoms with E-state index in [0.717, 1.165) is 12.5 Å². The van der Waals surface area contributed by atoms with Gasteiger partial charge in [-0.15, -0.1) is 0 Å². The second-order valence-electron chi connectivity index (χ2n) is 8.14. The third-order valence-corrected chi connectivity index (χ3v) is 6.51. The van der Waals surface area contributed by atoms with E-state index in [4.69, 9.17) is 0 Å². The lowest BCUT2D eigenvalue weighted by Crippen LogP contribution is -2.43. The number of aliphatic hydroxyl groups is 1. The van der Waals surface area contributed by atoms with E-state index in [9.17, 15) is 5.11 Å². The zero-order valence-electron chi connectivity index (χ0n) is 13.9. The molecule has 2 saturated carbocycles. The lowest BCUT2D eigenvalue weighted by molar-refractivity contribution is 0.107. The first-order valence-corrected chi connectivity index (χ1v) is 8.85. The van der Waals surface area contributed by atoms with Gasteiger partial charge in [0.1, 0.15) is 0 Å². The van der Waals surface area contributed by atoms with Gasteiger partial charge in [-0.25, -0.2) is 0 Å². The molecule has 2 nitrogen and oxygen atoms in total. The number of hydrogen-bond donors (Lipinski definition) is 2. The van der Waals surface area contributed by atoms with Crippen LogP contribution in [0.15, 0.2) is 0 Å². The highest BCUT2D eigenvalue weighted by Crippen LogP contribution is 2.41. The molecule has 0 aliphatic heterocycles. The highest BCUT2D eigenvalue weighted by Gasteiger charge is 2.35. The molecule has 2 rings (SSSR count). The number of hydrogen-bond acceptors (Lipinski definition) is 2. The summed E-state index contributed by atoms with van der Waals surface area (Å²) in [5.41, 5.74) is 0.724. The zero-order valence-corrected chi connectivity index (χ0v) is 13.9. The van der Waals surface area contributed by atoms with E-state index < -0.39 is 0 Å². The lowest BCUT2D eigenvalue weighted by atomic mass is 9.69. The summed E-state index contributed by atoms with van der Waals surface area (Å²) in [6.07, 6.45) is 11.8. The van der Waals surface area contributed by atoms with E-state index in [1.54, 1.807) is 0 Å². The Hall–Kier alpha value is -0.0800. The molecular formula is C18H35NO. The number of rotatable bonds is 6. The minimum Gasteiger partial charge on any atom is -0.396 e. The Kier molecular flexibility index (Phi) is 5.53. The van der Waals surface area contributed by atoms with Crippen molar-refractivity contribution in [2.45, 2.75) is 84.6 Å². The molecule has 0 spiro atoms. The van der Waals surface area contributed by atoms with Crippen LogP contribution in [-0.2, 0) is 0 Å². The fraction of sp³-hybridized carbons (Fsp3) is 1.00. The molecule has 0 heterocycles. The smallest absolute Gasteiger partial charge is 0.0499 e. The minimum atomic E-state index is 0.208. The van der Waals surface area contributed by atoms with Crippen molar-refractivity contribution in [2.24, 2.45) is 16.7 Å². The normalized spacial score (nSPS) is 30.6. The van der Waals surface area contributed by atoms with Crippen molar-refractivity contribution in [3.8, 4) is 0 Å². The Morgan fingerprint density at radius 3 is 2.20 bits per heavy atom. The van der Waals surface area contributed by atoms with Crippen LogP contribution < -0.4 is 5.32 Å². The molecule has 0 radical (unpaired) electrons. The van der Waals surface area contributed by atoms with E-state index >= 15 is 0 Å². The fourth-order valence-electron chi connectivity index (χ4n) is 4.24. The summed E-state index contributed by atoms with van der Waals surface area (Å²) in [4.78, 5) is 0. The second kappa shape index (κ2) is 6.79. The summed E-state index contributed by atoms with van der Waals surface area (Å²) in [5, 5.41) is 13.5. The largest absolute Gasteiger partial charge is 0.396 e. The lowest BCUT2D eigenvalue weighted by Gasteiger charge is -2.40. The van der Waals surface area contributed by atoms with Crippen LogP contribution in [0.4, 0.5) is 0 Å². The van der Waals surface area contributed by atoms with Gasteiger partial charge >= 0.3 is 0 Å². The highest BCUT2D eigenvalue weighted by molar-refractivity contribution is 4.89. The first-order valence-electron chi connectivity index (χ1n) is 8.85. The van der Waals surface area contributed by atoms with Crippen molar-refractivity contribution < 1.29 is 5.11 Å². The Morgan fingerprint density at radius 1 is 1.10 bits per heavy atom. The Morgan fingerprint density at radius 2 is 1.70 bits per heavy atom. The number of nitrogens with one attached hydrogen (secondary N) is 1. The van der Waals surface area contributed by atoms with Crippen molar-refractivity contribution in [1.82, 2.24) is 5.32 Å². The third-order valence-electron chi connectivity index (χ3n) is 6.51. The van der Waals surface area contributed by atoms with Gasteiger partial charge in [-0.2, -0.15) is 0 Å². The summed E-state index contributed by atoms with van der Waals surface area (Å²) in [7, 11) is 0. The van der Waals surface area contributed by atoms with Crippen molar-refractivity contribution in [3.63, 3.8) is 0 Å². The zero-order chi connectivity index (χ0) is 14.6. The van der Waals surface area contributed by atoms with Crippen molar-refractivity contribution >= 4 is 0 Å². The van der Waals surface area contributed by atoms with E-state index in [2.05, 4.69) is 26.1 Å². The van der Waals surface area contributed by atoms with Gasteiger partial charge in [0.2, 0.25) is 0 Å². The van der Waals surface area contributed by atoms with Gasteiger partial charge in [0.15, 0.2) is 0 Å². The van der Waals surface area contributed by atoms with Gasteiger partial charge in [0.05, 0.1) is 0 Å². The molecule has 2 aliphatic carbocycles. The quantitative estimate of drug-likeness (QED) is 0.767. The third kappa shape index (κ3) is 3.76. The maximum atomic E-state index is 9.69. The average Bonchev–Trinajstić information content (AvgIpc) is 2.95. The molecule has 2 aliphatic rings. The highest BCUT2D eigenvalue weighted by atomic mass is 16.3. The number of aliphatic hydroxyl groups excluding tert-OH is 1. The molecule has 20 heavy (non-hydrogen) atoms. The first kappa shape index (κ1) is 16.3. The standard InChI is InChI=1S/C18H35NO/c1-4-17(2,3)15-7-9-16(10-8-15)19-13-18(14-20)11-5-6-12-18/h15-16,19-20H,4-14H2,1-3H3. The van der Waals surface area contributed by atoms with Crippen LogP contribution in [0.5, 0.6) is 0 Å². The Balaban J connectivity index is 1.74. The summed E-state index contributed by atoms with van der Waals surface area (Å²) >= 11 is 0. The molecule has 0 aromatic carbocycles. The molecule has 0 saturated heterocycles. The van der Waals surface area contributed by atoms with E-state index in [1.165, 1.54) is 57.8 Å². The molecule has 0 atom stereocenters. The predicted molar refractivity (Wildman–Crippen MR) is 85.8 cm³/mol. The van der Waals surface area contributed by atoms with E-state index in [1.807, 2.05) is 0 Å². The van der Waals surface area contributed by atoms with Crippen LogP contribution in [0, 0.1) is 16.7 Å². The van der Waals surface area contributed by atoms with Crippen molar-refractivity contribution in [1.29, 1.82) is 0 Å². The summed E-state index contributed by atoms with van der Waals surface area (Å²) in [5.74, 6) is 0.906. The van der Waals surface area contributed by atoms with Crippen molar-refractivity contribution in [3.05, 3.63) is 0 Å². The molecule has 0 unspecified atom stereocenters. The van der Waals surface area contributed by atoms with Crippen LogP contribution in [-0.4, -0.2) is 24.3 Å². The monoisotopic (exact) mass is 281 g/mol. The Bertz CT molecular complexity index is 286. The van der Waals surface area contributed by atoms with E-state index in [0.29, 0.717) is 18.1 Å². The molecule has 118 valence electrons. The SMILES string of the molecule is CCC(C)(C)C1CCC(NCC2(CO)CCCC2)CC1. The molecule has 2 N–H and O–H groups in total. The van der Waals surface area contributed by atoms with Crippen LogP contribution in [0.1, 0.15) is 78.6 Å². The molecule has 0 aromatic heterocycles. The average molecular weight is 281 g/mol. The molecule has 0 aromatic rings. The van der Waals surface area contributed by atoms with Gasteiger partial charge in [0, 0.05) is 24.6 Å². The van der Waals surface area contributed by atoms with Gasteiger partial charge < -0.3 is 10.4 Å². The minimum absolute atomic E-state index is 0.208. The summed E-state index contributed by atoms with van der Waals surface area (Å²) < 4.78 is 0. The maximum absolute atomic E-state index is 9.69. The molecular weight excluding hydrogens is 246 g/mol. The predicted octanol–water partition coefficient (Wildman–Crippen LogP) is 4.12. The maximum Gasteiger partial charge on any atom is 0.0499 e. The molecule has 2 fully saturated rings.